The Kier molecular flexibility index (Phi) is 4.73. The van der Waals surface area contributed by atoms with Gasteiger partial charge in [-0.15, -0.1) is 11.3 Å². The first-order chi connectivity index (χ1) is 7.43. The fourth-order valence-electron chi connectivity index (χ4n) is 1.04. The maximum atomic E-state index is 11.7. The van der Waals surface area contributed by atoms with Gasteiger partial charge in [0, 0.05) is 12.6 Å². The summed E-state index contributed by atoms with van der Waals surface area (Å²) in [5.41, 5.74) is 6.48. The van der Waals surface area contributed by atoms with Gasteiger partial charge in [-0.05, 0) is 24.8 Å². The number of amides is 1. The second-order valence-electron chi connectivity index (χ2n) is 3.68. The fraction of sp³-hybridized carbons (Fsp3) is 0.500. The topological polar surface area (TPSA) is 75.4 Å². The van der Waals surface area contributed by atoms with Gasteiger partial charge in [-0.25, -0.2) is 0 Å². The van der Waals surface area contributed by atoms with Crippen LogP contribution in [0.25, 0.3) is 0 Å². The van der Waals surface area contributed by atoms with Crippen molar-refractivity contribution >= 4 is 28.8 Å². The molecule has 90 valence electrons. The summed E-state index contributed by atoms with van der Waals surface area (Å²) in [5.74, 6) is -0.251. The SMILES string of the molecule is Cc1csc(C(=O)NCC(N)C(C)O)c1Cl. The van der Waals surface area contributed by atoms with Crippen LogP contribution in [0, 0.1) is 6.92 Å². The van der Waals surface area contributed by atoms with E-state index in [4.69, 9.17) is 22.4 Å². The van der Waals surface area contributed by atoms with Gasteiger partial charge in [0.15, 0.2) is 0 Å². The minimum absolute atomic E-state index is 0.226. The molecule has 16 heavy (non-hydrogen) atoms. The molecule has 0 saturated carbocycles. The van der Waals surface area contributed by atoms with Gasteiger partial charge in [0.2, 0.25) is 0 Å². The lowest BCUT2D eigenvalue weighted by Crippen LogP contribution is -2.43. The lowest BCUT2D eigenvalue weighted by molar-refractivity contribution is 0.0941. The summed E-state index contributed by atoms with van der Waals surface area (Å²) in [6.07, 6.45) is -0.652. The molecule has 6 heteroatoms. The van der Waals surface area contributed by atoms with Crippen LogP contribution in [0.4, 0.5) is 0 Å². The molecule has 0 aliphatic heterocycles. The zero-order valence-electron chi connectivity index (χ0n) is 9.16. The summed E-state index contributed by atoms with van der Waals surface area (Å²) in [7, 11) is 0. The first-order valence-electron chi connectivity index (χ1n) is 4.89. The van der Waals surface area contributed by atoms with E-state index in [1.54, 1.807) is 6.92 Å². The van der Waals surface area contributed by atoms with Crippen LogP contribution >= 0.6 is 22.9 Å². The third-order valence-corrected chi connectivity index (χ3v) is 3.92. The molecule has 0 aromatic carbocycles. The molecule has 1 aromatic rings. The number of thiophene rings is 1. The molecular formula is C10H15ClN2O2S. The average Bonchev–Trinajstić information content (AvgIpc) is 2.55. The molecule has 0 aliphatic carbocycles. The molecule has 0 radical (unpaired) electrons. The second kappa shape index (κ2) is 5.63. The Morgan fingerprint density at radius 2 is 2.38 bits per heavy atom. The minimum atomic E-state index is -0.652. The summed E-state index contributed by atoms with van der Waals surface area (Å²) in [5, 5.41) is 14.1. The van der Waals surface area contributed by atoms with Crippen molar-refractivity contribution in [1.82, 2.24) is 5.32 Å². The third-order valence-electron chi connectivity index (χ3n) is 2.22. The summed E-state index contributed by atoms with van der Waals surface area (Å²) < 4.78 is 0. The van der Waals surface area contributed by atoms with E-state index in [1.165, 1.54) is 11.3 Å². The van der Waals surface area contributed by atoms with Crippen LogP contribution < -0.4 is 11.1 Å². The summed E-state index contributed by atoms with van der Waals surface area (Å²) in [6, 6.07) is -0.469. The monoisotopic (exact) mass is 262 g/mol. The lowest BCUT2D eigenvalue weighted by atomic mass is 10.2. The molecule has 1 amide bonds. The largest absolute Gasteiger partial charge is 0.392 e. The van der Waals surface area contributed by atoms with Gasteiger partial charge in [-0.3, -0.25) is 4.79 Å². The Labute approximate surface area is 103 Å². The molecule has 0 fully saturated rings. The molecule has 0 bridgehead atoms. The van der Waals surface area contributed by atoms with Gasteiger partial charge in [-0.1, -0.05) is 11.6 Å². The maximum Gasteiger partial charge on any atom is 0.262 e. The zero-order valence-corrected chi connectivity index (χ0v) is 10.7. The highest BCUT2D eigenvalue weighted by Crippen LogP contribution is 2.26. The molecule has 1 rings (SSSR count). The van der Waals surface area contributed by atoms with Gasteiger partial charge in [0.1, 0.15) is 4.88 Å². The van der Waals surface area contributed by atoms with E-state index in [0.717, 1.165) is 5.56 Å². The second-order valence-corrected chi connectivity index (χ2v) is 4.93. The number of aliphatic hydroxyl groups excluding tert-OH is 1. The third kappa shape index (κ3) is 3.18. The van der Waals surface area contributed by atoms with Crippen LogP contribution in [-0.2, 0) is 0 Å². The van der Waals surface area contributed by atoms with Crippen molar-refractivity contribution in [2.24, 2.45) is 5.73 Å². The van der Waals surface area contributed by atoms with E-state index in [0.29, 0.717) is 9.90 Å². The summed E-state index contributed by atoms with van der Waals surface area (Å²) in [4.78, 5) is 12.2. The van der Waals surface area contributed by atoms with Crippen LogP contribution in [0.5, 0.6) is 0 Å². The Morgan fingerprint density at radius 3 is 2.81 bits per heavy atom. The predicted octanol–water partition coefficient (Wildman–Crippen LogP) is 1.15. The molecule has 0 aliphatic rings. The van der Waals surface area contributed by atoms with Crippen LogP contribution in [0.15, 0.2) is 5.38 Å². The van der Waals surface area contributed by atoms with Gasteiger partial charge >= 0.3 is 0 Å². The zero-order chi connectivity index (χ0) is 12.3. The minimum Gasteiger partial charge on any atom is -0.392 e. The quantitative estimate of drug-likeness (QED) is 0.762. The van der Waals surface area contributed by atoms with Crippen molar-refractivity contribution in [2.45, 2.75) is 26.0 Å². The average molecular weight is 263 g/mol. The number of halogens is 1. The number of nitrogens with one attached hydrogen (secondary N) is 1. The first kappa shape index (κ1) is 13.4. The molecule has 2 atom stereocenters. The molecule has 2 unspecified atom stereocenters. The van der Waals surface area contributed by atoms with E-state index in [-0.39, 0.29) is 12.5 Å². The maximum absolute atomic E-state index is 11.7. The van der Waals surface area contributed by atoms with Crippen molar-refractivity contribution in [1.29, 1.82) is 0 Å². The fourth-order valence-corrected chi connectivity index (χ4v) is 2.24. The number of rotatable bonds is 4. The molecule has 4 nitrogen and oxygen atoms in total. The number of aliphatic hydroxyl groups is 1. The highest BCUT2D eigenvalue weighted by atomic mass is 35.5. The molecule has 4 N–H and O–H groups in total. The Hall–Kier alpha value is -0.620. The van der Waals surface area contributed by atoms with Crippen molar-refractivity contribution < 1.29 is 9.90 Å². The van der Waals surface area contributed by atoms with Crippen LogP contribution in [-0.4, -0.2) is 29.7 Å². The standard InChI is InChI=1S/C10H15ClN2O2S/c1-5-4-16-9(8(5)11)10(15)13-3-7(12)6(2)14/h4,6-7,14H,3,12H2,1-2H3,(H,13,15). The Bertz CT molecular complexity index is 379. The van der Waals surface area contributed by atoms with E-state index >= 15 is 0 Å². The highest BCUT2D eigenvalue weighted by molar-refractivity contribution is 7.13. The predicted molar refractivity (Wildman–Crippen MR) is 66.1 cm³/mol. The van der Waals surface area contributed by atoms with E-state index < -0.39 is 12.1 Å². The normalized spacial score (nSPS) is 14.6. The number of carbonyl (C=O) groups is 1. The van der Waals surface area contributed by atoms with E-state index in [2.05, 4.69) is 5.32 Å². The smallest absolute Gasteiger partial charge is 0.262 e. The van der Waals surface area contributed by atoms with Crippen LogP contribution in [0.3, 0.4) is 0 Å². The van der Waals surface area contributed by atoms with Crippen LogP contribution in [0.1, 0.15) is 22.2 Å². The molecule has 1 heterocycles. The van der Waals surface area contributed by atoms with Crippen molar-refractivity contribution in [3.05, 3.63) is 20.8 Å². The van der Waals surface area contributed by atoms with E-state index in [9.17, 15) is 4.79 Å². The number of hydrogen-bond acceptors (Lipinski definition) is 4. The van der Waals surface area contributed by atoms with Crippen molar-refractivity contribution in [3.8, 4) is 0 Å². The van der Waals surface area contributed by atoms with Gasteiger partial charge < -0.3 is 16.2 Å². The summed E-state index contributed by atoms with van der Waals surface area (Å²) >= 11 is 7.25. The number of nitrogens with two attached hydrogens (primary N) is 1. The molecular weight excluding hydrogens is 248 g/mol. The highest BCUT2D eigenvalue weighted by Gasteiger charge is 2.16. The number of hydrogen-bond donors (Lipinski definition) is 3. The van der Waals surface area contributed by atoms with Gasteiger partial charge in [0.05, 0.1) is 11.1 Å². The van der Waals surface area contributed by atoms with Gasteiger partial charge in [-0.2, -0.15) is 0 Å². The van der Waals surface area contributed by atoms with Crippen molar-refractivity contribution in [2.75, 3.05) is 6.54 Å². The first-order valence-corrected chi connectivity index (χ1v) is 6.14. The summed E-state index contributed by atoms with van der Waals surface area (Å²) in [6.45, 7) is 3.65. The molecule has 0 saturated heterocycles. The van der Waals surface area contributed by atoms with Gasteiger partial charge in [0.25, 0.3) is 5.91 Å². The number of carbonyl (C=O) groups excluding carboxylic acids is 1. The van der Waals surface area contributed by atoms with Crippen LogP contribution in [0.2, 0.25) is 5.02 Å². The Morgan fingerprint density at radius 1 is 1.75 bits per heavy atom. The molecule has 0 spiro atoms. The number of aryl methyl sites for hydroxylation is 1. The molecule has 1 aromatic heterocycles. The lowest BCUT2D eigenvalue weighted by Gasteiger charge is -2.14. The van der Waals surface area contributed by atoms with Crippen molar-refractivity contribution in [3.63, 3.8) is 0 Å². The Balaban J connectivity index is 2.57. The van der Waals surface area contributed by atoms with E-state index in [1.807, 2.05) is 12.3 Å².